The van der Waals surface area contributed by atoms with Gasteiger partial charge in [-0.15, -0.1) is 24.8 Å². The van der Waals surface area contributed by atoms with Crippen LogP contribution in [0.25, 0.3) is 10.9 Å². The molecule has 3 nitrogen and oxygen atoms in total. The Morgan fingerprint density at radius 3 is 2.54 bits per heavy atom. The molecule has 0 aliphatic heterocycles. The van der Waals surface area contributed by atoms with Crippen molar-refractivity contribution in [2.75, 3.05) is 0 Å². The van der Waals surface area contributed by atoms with Gasteiger partial charge in [0.05, 0.1) is 10.9 Å². The first-order chi connectivity index (χ1) is 5.38. The molecule has 0 fully saturated rings. The van der Waals surface area contributed by atoms with Gasteiger partial charge in [0.25, 0.3) is 0 Å². The number of nitrogens with zero attached hydrogens (tertiary/aromatic N) is 1. The molecule has 13 heavy (non-hydrogen) atoms. The van der Waals surface area contributed by atoms with Crippen molar-refractivity contribution in [2.45, 2.75) is 0 Å². The maximum atomic E-state index is 11.0. The molecule has 0 aliphatic rings. The number of halogens is 2. The van der Waals surface area contributed by atoms with Gasteiger partial charge in [0.1, 0.15) is 0 Å². The van der Waals surface area contributed by atoms with Crippen molar-refractivity contribution in [3.8, 4) is 0 Å². The molecule has 0 saturated heterocycles. The van der Waals surface area contributed by atoms with Crippen molar-refractivity contribution in [2.24, 2.45) is 0 Å². The third-order valence-electron chi connectivity index (χ3n) is 1.48. The molecule has 1 heterocycles. The van der Waals surface area contributed by atoms with Crippen LogP contribution in [-0.2, 0) is 0 Å². The number of hydrogen-bond acceptors (Lipinski definition) is 3. The van der Waals surface area contributed by atoms with E-state index in [2.05, 4.69) is 9.40 Å². The Balaban J connectivity index is 0.000000720. The molecule has 1 aromatic carbocycles. The van der Waals surface area contributed by atoms with E-state index >= 15 is 0 Å². The first-order valence-electron chi connectivity index (χ1n) is 3.20. The first-order valence-corrected chi connectivity index (χ1v) is 3.20. The van der Waals surface area contributed by atoms with Crippen LogP contribution in [0.1, 0.15) is 0 Å². The lowest BCUT2D eigenvalue weighted by Gasteiger charge is -1.90. The zero-order chi connectivity index (χ0) is 7.68. The van der Waals surface area contributed by atoms with Crippen LogP contribution in [0.4, 0.5) is 0 Å². The van der Waals surface area contributed by atoms with Crippen molar-refractivity contribution in [1.82, 2.24) is 4.98 Å². The minimum atomic E-state index is -0.337. The summed E-state index contributed by atoms with van der Waals surface area (Å²) in [5.74, 6) is 0. The Bertz CT molecular complexity index is 436. The fourth-order valence-electron chi connectivity index (χ4n) is 0.953. The number of fused-ring (bicyclic) bond motifs is 1. The molecule has 2 rings (SSSR count). The minimum absolute atomic E-state index is 0. The summed E-state index contributed by atoms with van der Waals surface area (Å²) in [6, 6.07) is 7.07. The predicted octanol–water partition coefficient (Wildman–Crippen LogP) is 2.03. The van der Waals surface area contributed by atoms with E-state index in [1.165, 1.54) is 0 Å². The molecular formula is C8H7Cl2NO2. The lowest BCUT2D eigenvalue weighted by Crippen LogP contribution is -1.98. The first kappa shape index (κ1) is 11.9. The van der Waals surface area contributed by atoms with E-state index < -0.39 is 0 Å². The molecule has 0 saturated carbocycles. The number of hydrogen-bond donors (Lipinski definition) is 0. The zero-order valence-corrected chi connectivity index (χ0v) is 8.10. The molecule has 5 heteroatoms. The highest BCUT2D eigenvalue weighted by Gasteiger charge is 1.96. The number of aromatic nitrogens is 1. The summed E-state index contributed by atoms with van der Waals surface area (Å²) in [5, 5.41) is 0.523. The van der Waals surface area contributed by atoms with Crippen molar-refractivity contribution in [3.63, 3.8) is 0 Å². The maximum Gasteiger partial charge on any atom is 0.346 e. The lowest BCUT2D eigenvalue weighted by atomic mass is 10.2. The van der Waals surface area contributed by atoms with E-state index in [-0.39, 0.29) is 30.4 Å². The molecule has 2 aromatic rings. The van der Waals surface area contributed by atoms with E-state index in [0.29, 0.717) is 10.9 Å². The highest BCUT2D eigenvalue weighted by atomic mass is 35.5. The van der Waals surface area contributed by atoms with Gasteiger partial charge in [-0.3, -0.25) is 0 Å². The van der Waals surface area contributed by atoms with E-state index in [0.717, 1.165) is 6.39 Å². The van der Waals surface area contributed by atoms with E-state index in [4.69, 9.17) is 0 Å². The summed E-state index contributed by atoms with van der Waals surface area (Å²) >= 11 is 0. The number of rotatable bonds is 0. The van der Waals surface area contributed by atoms with Crippen LogP contribution in [0.2, 0.25) is 0 Å². The third-order valence-corrected chi connectivity index (χ3v) is 1.48. The molecular weight excluding hydrogens is 213 g/mol. The second-order valence-electron chi connectivity index (χ2n) is 2.16. The number of para-hydroxylation sites is 1. The number of benzene rings is 1. The quantitative estimate of drug-likeness (QED) is 0.682. The molecule has 0 aliphatic carbocycles. The summed E-state index contributed by atoms with van der Waals surface area (Å²) < 4.78 is 4.57. The molecule has 0 N–H and O–H groups in total. The minimum Gasteiger partial charge on any atom is -0.411 e. The largest absolute Gasteiger partial charge is 0.411 e. The summed E-state index contributed by atoms with van der Waals surface area (Å²) in [4.78, 5) is 14.8. The van der Waals surface area contributed by atoms with Crippen LogP contribution in [-0.4, -0.2) is 4.98 Å². The highest BCUT2D eigenvalue weighted by Crippen LogP contribution is 2.03. The smallest absolute Gasteiger partial charge is 0.346 e. The fraction of sp³-hybridized carbons (Fsp3) is 0. The van der Waals surface area contributed by atoms with Gasteiger partial charge in [-0.1, -0.05) is 12.1 Å². The van der Waals surface area contributed by atoms with Gasteiger partial charge in [0, 0.05) is 0 Å². The maximum absolute atomic E-state index is 11.0. The molecule has 0 spiro atoms. The van der Waals surface area contributed by atoms with Gasteiger partial charge < -0.3 is 4.42 Å². The van der Waals surface area contributed by atoms with Crippen molar-refractivity contribution >= 4 is 35.7 Å². The second kappa shape index (κ2) is 4.84. The SMILES string of the molecule is Cl.Cl.O=c1ocnc2ccccc12. The van der Waals surface area contributed by atoms with Gasteiger partial charge in [0.15, 0.2) is 6.39 Å². The van der Waals surface area contributed by atoms with E-state index in [1.54, 1.807) is 18.2 Å². The van der Waals surface area contributed by atoms with Crippen molar-refractivity contribution in [1.29, 1.82) is 0 Å². The zero-order valence-electron chi connectivity index (χ0n) is 6.47. The van der Waals surface area contributed by atoms with Gasteiger partial charge in [-0.25, -0.2) is 9.78 Å². The average molecular weight is 220 g/mol. The van der Waals surface area contributed by atoms with Gasteiger partial charge in [-0.2, -0.15) is 0 Å². The Kier molecular flexibility index (Phi) is 4.45. The van der Waals surface area contributed by atoms with Gasteiger partial charge in [-0.05, 0) is 12.1 Å². The van der Waals surface area contributed by atoms with E-state index in [1.807, 2.05) is 6.07 Å². The average Bonchev–Trinajstić information content (AvgIpc) is 2.06. The Morgan fingerprint density at radius 1 is 1.15 bits per heavy atom. The van der Waals surface area contributed by atoms with Crippen LogP contribution >= 0.6 is 24.8 Å². The molecule has 0 radical (unpaired) electrons. The van der Waals surface area contributed by atoms with Crippen molar-refractivity contribution < 1.29 is 4.42 Å². The molecule has 1 aromatic heterocycles. The summed E-state index contributed by atoms with van der Waals surface area (Å²) in [7, 11) is 0. The van der Waals surface area contributed by atoms with Crippen molar-refractivity contribution in [3.05, 3.63) is 41.1 Å². The summed E-state index contributed by atoms with van der Waals surface area (Å²) in [5.41, 5.74) is 0.333. The normalized spacial score (nSPS) is 8.62. The molecule has 70 valence electrons. The van der Waals surface area contributed by atoms with Crippen LogP contribution in [0.15, 0.2) is 39.9 Å². The van der Waals surface area contributed by atoms with E-state index in [9.17, 15) is 4.79 Å². The van der Waals surface area contributed by atoms with Gasteiger partial charge >= 0.3 is 5.63 Å². The summed E-state index contributed by atoms with van der Waals surface area (Å²) in [6.07, 6.45) is 1.16. The highest BCUT2D eigenvalue weighted by molar-refractivity contribution is 5.85. The third kappa shape index (κ3) is 2.20. The second-order valence-corrected chi connectivity index (χ2v) is 2.16. The van der Waals surface area contributed by atoms with Crippen LogP contribution in [0.5, 0.6) is 0 Å². The van der Waals surface area contributed by atoms with Gasteiger partial charge in [0.2, 0.25) is 0 Å². The Hall–Kier alpha value is -1.06. The fourth-order valence-corrected chi connectivity index (χ4v) is 0.953. The van der Waals surface area contributed by atoms with Crippen LogP contribution < -0.4 is 5.63 Å². The molecule has 0 atom stereocenters. The monoisotopic (exact) mass is 219 g/mol. The Morgan fingerprint density at radius 2 is 1.85 bits per heavy atom. The van der Waals surface area contributed by atoms with Crippen LogP contribution in [0, 0.1) is 0 Å². The van der Waals surface area contributed by atoms with Crippen LogP contribution in [0.3, 0.4) is 0 Å². The standard InChI is InChI=1S/C8H5NO2.2ClH/c10-8-6-3-1-2-4-7(6)9-5-11-8;;/h1-5H;2*1H. The molecule has 0 unspecified atom stereocenters. The summed E-state index contributed by atoms with van der Waals surface area (Å²) in [6.45, 7) is 0. The topological polar surface area (TPSA) is 43.1 Å². The predicted molar refractivity (Wildman–Crippen MR) is 54.8 cm³/mol. The molecule has 0 bridgehead atoms. The Labute approximate surface area is 86.6 Å². The lowest BCUT2D eigenvalue weighted by molar-refractivity contribution is 0.501. The molecule has 0 amide bonds.